The normalized spacial score (nSPS) is 12.8. The van der Waals surface area contributed by atoms with Gasteiger partial charge in [0.05, 0.1) is 11.6 Å². The van der Waals surface area contributed by atoms with Gasteiger partial charge in [-0.15, -0.1) is 0 Å². The summed E-state index contributed by atoms with van der Waals surface area (Å²) in [6.45, 7) is 2.19. The van der Waals surface area contributed by atoms with E-state index in [9.17, 15) is 23.9 Å². The SMILES string of the molecule is CC(CNC(=O)C(CC(N)=O)c1[nH]c(=O)[nH]c1O)c1ccc(-c2ccc(F)cc2)cc1. The molecule has 6 N–H and O–H groups in total. The maximum absolute atomic E-state index is 13.1. The Balaban J connectivity index is 1.66. The molecule has 0 aliphatic rings. The average molecular weight is 426 g/mol. The second kappa shape index (κ2) is 9.29. The lowest BCUT2D eigenvalue weighted by molar-refractivity contribution is -0.126. The van der Waals surface area contributed by atoms with Crippen LogP contribution in [0.1, 0.15) is 36.4 Å². The zero-order chi connectivity index (χ0) is 22.5. The van der Waals surface area contributed by atoms with E-state index in [-0.39, 0.29) is 30.4 Å². The van der Waals surface area contributed by atoms with Crippen molar-refractivity contribution in [2.45, 2.75) is 25.2 Å². The smallest absolute Gasteiger partial charge is 0.325 e. The van der Waals surface area contributed by atoms with Crippen LogP contribution in [0, 0.1) is 5.82 Å². The number of H-pyrrole nitrogens is 2. The maximum Gasteiger partial charge on any atom is 0.325 e. The number of nitrogens with two attached hydrogens (primary N) is 1. The van der Waals surface area contributed by atoms with Gasteiger partial charge in [-0.3, -0.25) is 14.6 Å². The van der Waals surface area contributed by atoms with Gasteiger partial charge in [-0.25, -0.2) is 9.18 Å². The van der Waals surface area contributed by atoms with Gasteiger partial charge < -0.3 is 21.1 Å². The fourth-order valence-electron chi connectivity index (χ4n) is 3.31. The van der Waals surface area contributed by atoms with Crippen molar-refractivity contribution in [1.82, 2.24) is 15.3 Å². The van der Waals surface area contributed by atoms with E-state index in [4.69, 9.17) is 5.73 Å². The van der Waals surface area contributed by atoms with E-state index >= 15 is 0 Å². The number of imidazole rings is 1. The summed E-state index contributed by atoms with van der Waals surface area (Å²) in [4.78, 5) is 39.8. The molecule has 0 aliphatic heterocycles. The van der Waals surface area contributed by atoms with Gasteiger partial charge in [-0.05, 0) is 34.7 Å². The monoisotopic (exact) mass is 426 g/mol. The van der Waals surface area contributed by atoms with Crippen LogP contribution in [0.25, 0.3) is 11.1 Å². The molecular weight excluding hydrogens is 403 g/mol. The third-order valence-corrected chi connectivity index (χ3v) is 5.05. The molecule has 0 radical (unpaired) electrons. The average Bonchev–Trinajstić information content (AvgIpc) is 3.08. The van der Waals surface area contributed by atoms with Crippen molar-refractivity contribution in [2.24, 2.45) is 5.73 Å². The number of primary amides is 1. The van der Waals surface area contributed by atoms with Crippen LogP contribution in [-0.4, -0.2) is 33.4 Å². The largest absolute Gasteiger partial charge is 0.493 e. The Morgan fingerprint density at radius 2 is 1.65 bits per heavy atom. The van der Waals surface area contributed by atoms with Crippen molar-refractivity contribution in [1.29, 1.82) is 0 Å². The Bertz CT molecular complexity index is 1120. The molecule has 9 heteroatoms. The first-order chi connectivity index (χ1) is 14.7. The molecule has 0 saturated heterocycles. The highest BCUT2D eigenvalue weighted by Gasteiger charge is 2.28. The second-order valence-corrected chi connectivity index (χ2v) is 7.34. The van der Waals surface area contributed by atoms with Crippen molar-refractivity contribution in [3.63, 3.8) is 0 Å². The Morgan fingerprint density at radius 1 is 1.06 bits per heavy atom. The van der Waals surface area contributed by atoms with Crippen LogP contribution < -0.4 is 16.7 Å². The first-order valence-corrected chi connectivity index (χ1v) is 9.67. The van der Waals surface area contributed by atoms with Crippen molar-refractivity contribution < 1.29 is 19.1 Å². The number of nitrogens with one attached hydrogen (secondary N) is 3. The lowest BCUT2D eigenvalue weighted by Gasteiger charge is -2.18. The second-order valence-electron chi connectivity index (χ2n) is 7.34. The molecule has 162 valence electrons. The number of carbonyl (C=O) groups excluding carboxylic acids is 2. The highest BCUT2D eigenvalue weighted by molar-refractivity contribution is 5.89. The van der Waals surface area contributed by atoms with Gasteiger partial charge in [-0.2, -0.15) is 0 Å². The Labute approximate surface area is 177 Å². The van der Waals surface area contributed by atoms with Gasteiger partial charge in [0.25, 0.3) is 0 Å². The van der Waals surface area contributed by atoms with Crippen molar-refractivity contribution in [2.75, 3.05) is 6.54 Å². The molecule has 2 aromatic carbocycles. The molecule has 1 heterocycles. The molecule has 2 amide bonds. The van der Waals surface area contributed by atoms with Crippen molar-refractivity contribution in [3.8, 4) is 17.0 Å². The van der Waals surface area contributed by atoms with Crippen LogP contribution in [-0.2, 0) is 9.59 Å². The third-order valence-electron chi connectivity index (χ3n) is 5.05. The van der Waals surface area contributed by atoms with Crippen LogP contribution in [0.15, 0.2) is 53.3 Å². The molecule has 0 fully saturated rings. The highest BCUT2D eigenvalue weighted by Crippen LogP contribution is 2.25. The van der Waals surface area contributed by atoms with Crippen molar-refractivity contribution in [3.05, 3.63) is 76.1 Å². The Kier molecular flexibility index (Phi) is 6.54. The first-order valence-electron chi connectivity index (χ1n) is 9.67. The van der Waals surface area contributed by atoms with Crippen LogP contribution in [0.4, 0.5) is 4.39 Å². The molecule has 1 aromatic heterocycles. The summed E-state index contributed by atoms with van der Waals surface area (Å²) in [5, 5.41) is 12.6. The number of hydrogen-bond acceptors (Lipinski definition) is 4. The summed E-state index contributed by atoms with van der Waals surface area (Å²) < 4.78 is 13.1. The summed E-state index contributed by atoms with van der Waals surface area (Å²) in [6, 6.07) is 13.9. The number of rotatable bonds is 8. The van der Waals surface area contributed by atoms with Gasteiger partial charge in [0.2, 0.25) is 17.7 Å². The minimum atomic E-state index is -1.12. The van der Waals surface area contributed by atoms with Crippen LogP contribution in [0.5, 0.6) is 5.88 Å². The number of carbonyl (C=O) groups is 2. The summed E-state index contributed by atoms with van der Waals surface area (Å²) in [5.74, 6) is -3.26. The minimum Gasteiger partial charge on any atom is -0.493 e. The van der Waals surface area contributed by atoms with E-state index in [0.717, 1.165) is 16.7 Å². The number of aromatic amines is 2. The molecular formula is C22H23FN4O4. The standard InChI is InChI=1S/C22H23FN4O4/c1-12(13-2-4-14(5-3-13)15-6-8-16(23)9-7-15)11-25-20(29)17(10-18(24)28)19-21(30)27-22(31)26-19/h2-9,12,17,30H,10-11H2,1H3,(H2,24,28)(H,25,29)(H2,26,27,31). The fraction of sp³-hybridized carbons (Fsp3) is 0.227. The van der Waals surface area contributed by atoms with E-state index in [0.29, 0.717) is 0 Å². The van der Waals surface area contributed by atoms with Gasteiger partial charge >= 0.3 is 5.69 Å². The Morgan fingerprint density at radius 3 is 2.16 bits per heavy atom. The molecule has 0 bridgehead atoms. The van der Waals surface area contributed by atoms with Crippen LogP contribution >= 0.6 is 0 Å². The molecule has 3 rings (SSSR count). The number of aromatic hydroxyl groups is 1. The van der Waals surface area contributed by atoms with Gasteiger partial charge in [-0.1, -0.05) is 43.3 Å². The molecule has 31 heavy (non-hydrogen) atoms. The molecule has 0 spiro atoms. The number of hydrogen-bond donors (Lipinski definition) is 5. The summed E-state index contributed by atoms with van der Waals surface area (Å²) >= 11 is 0. The van der Waals surface area contributed by atoms with Gasteiger partial charge in [0.1, 0.15) is 5.82 Å². The number of amides is 2. The number of benzene rings is 2. The van der Waals surface area contributed by atoms with E-state index in [1.54, 1.807) is 12.1 Å². The quantitative estimate of drug-likeness (QED) is 0.376. The number of aromatic nitrogens is 2. The zero-order valence-electron chi connectivity index (χ0n) is 16.8. The number of halogens is 1. The Hall–Kier alpha value is -3.88. The first kappa shape index (κ1) is 21.8. The lowest BCUT2D eigenvalue weighted by Crippen LogP contribution is -2.34. The maximum atomic E-state index is 13.1. The van der Waals surface area contributed by atoms with E-state index in [1.807, 2.05) is 31.2 Å². The van der Waals surface area contributed by atoms with Gasteiger partial charge in [0, 0.05) is 13.0 Å². The molecule has 2 atom stereocenters. The molecule has 2 unspecified atom stereocenters. The van der Waals surface area contributed by atoms with E-state index in [1.165, 1.54) is 12.1 Å². The van der Waals surface area contributed by atoms with E-state index in [2.05, 4.69) is 15.3 Å². The topological polar surface area (TPSA) is 141 Å². The minimum absolute atomic E-state index is 0.0562. The summed E-state index contributed by atoms with van der Waals surface area (Å²) in [5.41, 5.74) is 7.24. The predicted octanol–water partition coefficient (Wildman–Crippen LogP) is 2.09. The summed E-state index contributed by atoms with van der Waals surface area (Å²) in [6.07, 6.45) is -0.367. The summed E-state index contributed by atoms with van der Waals surface area (Å²) in [7, 11) is 0. The zero-order valence-corrected chi connectivity index (χ0v) is 16.8. The third kappa shape index (κ3) is 5.39. The van der Waals surface area contributed by atoms with Crippen LogP contribution in [0.2, 0.25) is 0 Å². The van der Waals surface area contributed by atoms with Crippen LogP contribution in [0.3, 0.4) is 0 Å². The van der Waals surface area contributed by atoms with Crippen molar-refractivity contribution >= 4 is 11.8 Å². The van der Waals surface area contributed by atoms with Gasteiger partial charge in [0.15, 0.2) is 0 Å². The lowest BCUT2D eigenvalue weighted by atomic mass is 9.96. The van der Waals surface area contributed by atoms with E-state index < -0.39 is 29.3 Å². The fourth-order valence-corrected chi connectivity index (χ4v) is 3.31. The highest BCUT2D eigenvalue weighted by atomic mass is 19.1. The molecule has 8 nitrogen and oxygen atoms in total. The predicted molar refractivity (Wildman–Crippen MR) is 113 cm³/mol. The molecule has 0 aliphatic carbocycles. The molecule has 3 aromatic rings. The molecule has 0 saturated carbocycles.